The Kier molecular flexibility index (Phi) is 4.15. The van der Waals surface area contributed by atoms with E-state index in [0.717, 1.165) is 11.1 Å². The smallest absolute Gasteiger partial charge is 0.255 e. The van der Waals surface area contributed by atoms with Crippen LogP contribution in [-0.4, -0.2) is 29.4 Å². The van der Waals surface area contributed by atoms with Gasteiger partial charge in [-0.15, -0.1) is 0 Å². The number of aromatic nitrogens is 1. The third-order valence-corrected chi connectivity index (χ3v) is 3.80. The van der Waals surface area contributed by atoms with Crippen molar-refractivity contribution in [2.75, 3.05) is 13.6 Å². The second-order valence-corrected chi connectivity index (χ2v) is 5.52. The number of hydrogen-bond donors (Lipinski definition) is 0. The SMILES string of the molecule is CN(CC1CCCC1)C(=O)c1ccc(Br)nc1. The van der Waals surface area contributed by atoms with E-state index in [1.54, 1.807) is 12.3 Å². The lowest BCUT2D eigenvalue weighted by Gasteiger charge is -2.21. The molecule has 1 aromatic heterocycles. The molecule has 3 nitrogen and oxygen atoms in total. The molecule has 0 radical (unpaired) electrons. The second-order valence-electron chi connectivity index (χ2n) is 4.71. The van der Waals surface area contributed by atoms with Crippen LogP contribution < -0.4 is 0 Å². The first-order valence-electron chi connectivity index (χ1n) is 6.04. The predicted molar refractivity (Wildman–Crippen MR) is 70.9 cm³/mol. The Balaban J connectivity index is 1.96. The zero-order valence-electron chi connectivity index (χ0n) is 10.0. The molecule has 0 atom stereocenters. The van der Waals surface area contributed by atoms with Crippen molar-refractivity contribution in [2.24, 2.45) is 5.92 Å². The minimum atomic E-state index is 0.0666. The standard InChI is InChI=1S/C13H17BrN2O/c1-16(9-10-4-2-3-5-10)13(17)11-6-7-12(14)15-8-11/h6-8,10H,2-5,9H2,1H3. The molecule has 0 bridgehead atoms. The van der Waals surface area contributed by atoms with E-state index in [-0.39, 0.29) is 5.91 Å². The van der Waals surface area contributed by atoms with Gasteiger partial charge in [0.2, 0.25) is 0 Å². The van der Waals surface area contributed by atoms with Crippen LogP contribution in [0.3, 0.4) is 0 Å². The maximum absolute atomic E-state index is 12.1. The Morgan fingerprint density at radius 2 is 2.18 bits per heavy atom. The number of halogens is 1. The van der Waals surface area contributed by atoms with Gasteiger partial charge in [0.05, 0.1) is 5.56 Å². The van der Waals surface area contributed by atoms with Crippen molar-refractivity contribution in [1.29, 1.82) is 0 Å². The number of rotatable bonds is 3. The lowest BCUT2D eigenvalue weighted by Crippen LogP contribution is -2.31. The van der Waals surface area contributed by atoms with Crippen molar-refractivity contribution in [3.8, 4) is 0 Å². The highest BCUT2D eigenvalue weighted by atomic mass is 79.9. The average Bonchev–Trinajstić information content (AvgIpc) is 2.82. The van der Waals surface area contributed by atoms with Gasteiger partial charge in [-0.05, 0) is 46.8 Å². The molecule has 4 heteroatoms. The molecule has 1 heterocycles. The van der Waals surface area contributed by atoms with Crippen LogP contribution in [0.4, 0.5) is 0 Å². The Morgan fingerprint density at radius 3 is 2.76 bits per heavy atom. The van der Waals surface area contributed by atoms with Gasteiger partial charge in [0, 0.05) is 19.8 Å². The van der Waals surface area contributed by atoms with Crippen LogP contribution in [-0.2, 0) is 0 Å². The van der Waals surface area contributed by atoms with Gasteiger partial charge in [-0.1, -0.05) is 12.8 Å². The summed E-state index contributed by atoms with van der Waals surface area (Å²) in [5.41, 5.74) is 0.661. The van der Waals surface area contributed by atoms with Crippen molar-refractivity contribution < 1.29 is 4.79 Å². The molecule has 0 aromatic carbocycles. The average molecular weight is 297 g/mol. The molecule has 1 aromatic rings. The van der Waals surface area contributed by atoms with E-state index >= 15 is 0 Å². The molecule has 1 aliphatic rings. The first kappa shape index (κ1) is 12.6. The van der Waals surface area contributed by atoms with Crippen LogP contribution in [0.25, 0.3) is 0 Å². The first-order chi connectivity index (χ1) is 8.16. The minimum absolute atomic E-state index is 0.0666. The number of nitrogens with zero attached hydrogens (tertiary/aromatic N) is 2. The van der Waals surface area contributed by atoms with Crippen LogP contribution >= 0.6 is 15.9 Å². The molecule has 1 fully saturated rings. The second kappa shape index (κ2) is 5.63. The zero-order valence-corrected chi connectivity index (χ0v) is 11.6. The van der Waals surface area contributed by atoms with Crippen molar-refractivity contribution in [1.82, 2.24) is 9.88 Å². The predicted octanol–water partition coefficient (Wildman–Crippen LogP) is 3.11. The quantitative estimate of drug-likeness (QED) is 0.803. The molecule has 1 amide bonds. The Bertz CT molecular complexity index is 385. The van der Waals surface area contributed by atoms with E-state index < -0.39 is 0 Å². The maximum Gasteiger partial charge on any atom is 0.255 e. The van der Waals surface area contributed by atoms with E-state index in [4.69, 9.17) is 0 Å². The van der Waals surface area contributed by atoms with Gasteiger partial charge in [-0.25, -0.2) is 4.98 Å². The zero-order chi connectivity index (χ0) is 12.3. The molecular weight excluding hydrogens is 280 g/mol. The molecule has 0 spiro atoms. The number of carbonyl (C=O) groups excluding carboxylic acids is 1. The van der Waals surface area contributed by atoms with Gasteiger partial charge in [0.1, 0.15) is 4.60 Å². The van der Waals surface area contributed by atoms with E-state index in [0.29, 0.717) is 11.5 Å². The number of hydrogen-bond acceptors (Lipinski definition) is 2. The van der Waals surface area contributed by atoms with Gasteiger partial charge in [-0.2, -0.15) is 0 Å². The van der Waals surface area contributed by atoms with Gasteiger partial charge in [0.15, 0.2) is 0 Å². The third-order valence-electron chi connectivity index (χ3n) is 3.33. The Hall–Kier alpha value is -0.900. The molecule has 1 aliphatic carbocycles. The normalized spacial score (nSPS) is 16.1. The lowest BCUT2D eigenvalue weighted by atomic mass is 10.1. The van der Waals surface area contributed by atoms with E-state index in [9.17, 15) is 4.79 Å². The Morgan fingerprint density at radius 1 is 1.47 bits per heavy atom. The monoisotopic (exact) mass is 296 g/mol. The van der Waals surface area contributed by atoms with Crippen LogP contribution in [0, 0.1) is 5.92 Å². The van der Waals surface area contributed by atoms with Gasteiger partial charge in [-0.3, -0.25) is 4.79 Å². The van der Waals surface area contributed by atoms with Crippen LogP contribution in [0.2, 0.25) is 0 Å². The highest BCUT2D eigenvalue weighted by Gasteiger charge is 2.20. The van der Waals surface area contributed by atoms with Crippen molar-refractivity contribution >= 4 is 21.8 Å². The van der Waals surface area contributed by atoms with Gasteiger partial charge < -0.3 is 4.90 Å². The first-order valence-corrected chi connectivity index (χ1v) is 6.83. The summed E-state index contributed by atoms with van der Waals surface area (Å²) in [4.78, 5) is 18.0. The van der Waals surface area contributed by atoms with E-state index in [2.05, 4.69) is 20.9 Å². The number of pyridine rings is 1. The summed E-state index contributed by atoms with van der Waals surface area (Å²) in [6.45, 7) is 0.870. The van der Waals surface area contributed by atoms with E-state index in [1.807, 2.05) is 18.0 Å². The third kappa shape index (κ3) is 3.28. The highest BCUT2D eigenvalue weighted by Crippen LogP contribution is 2.25. The fourth-order valence-electron chi connectivity index (χ4n) is 2.39. The van der Waals surface area contributed by atoms with Crippen LogP contribution in [0.5, 0.6) is 0 Å². The molecular formula is C13H17BrN2O. The molecule has 92 valence electrons. The fraction of sp³-hybridized carbons (Fsp3) is 0.538. The molecule has 2 rings (SSSR count). The largest absolute Gasteiger partial charge is 0.341 e. The number of amides is 1. The van der Waals surface area contributed by atoms with Crippen molar-refractivity contribution in [3.63, 3.8) is 0 Å². The molecule has 17 heavy (non-hydrogen) atoms. The minimum Gasteiger partial charge on any atom is -0.341 e. The van der Waals surface area contributed by atoms with Crippen molar-refractivity contribution in [3.05, 3.63) is 28.5 Å². The lowest BCUT2D eigenvalue weighted by molar-refractivity contribution is 0.0773. The topological polar surface area (TPSA) is 33.2 Å². The molecule has 0 unspecified atom stereocenters. The van der Waals surface area contributed by atoms with Crippen molar-refractivity contribution in [2.45, 2.75) is 25.7 Å². The summed E-state index contributed by atoms with van der Waals surface area (Å²) < 4.78 is 0.757. The number of carbonyl (C=O) groups is 1. The van der Waals surface area contributed by atoms with Crippen LogP contribution in [0.15, 0.2) is 22.9 Å². The van der Waals surface area contributed by atoms with Gasteiger partial charge >= 0.3 is 0 Å². The summed E-state index contributed by atoms with van der Waals surface area (Å²) in [5.74, 6) is 0.754. The fourth-order valence-corrected chi connectivity index (χ4v) is 2.62. The Labute approximate surface area is 110 Å². The highest BCUT2D eigenvalue weighted by molar-refractivity contribution is 9.10. The summed E-state index contributed by atoms with van der Waals surface area (Å²) >= 11 is 3.27. The summed E-state index contributed by atoms with van der Waals surface area (Å²) in [6.07, 6.45) is 6.77. The molecule has 0 N–H and O–H groups in total. The summed E-state index contributed by atoms with van der Waals surface area (Å²) in [6, 6.07) is 3.61. The molecule has 1 saturated carbocycles. The van der Waals surface area contributed by atoms with Gasteiger partial charge in [0.25, 0.3) is 5.91 Å². The van der Waals surface area contributed by atoms with Crippen LogP contribution in [0.1, 0.15) is 36.0 Å². The summed E-state index contributed by atoms with van der Waals surface area (Å²) in [7, 11) is 1.88. The molecule has 0 saturated heterocycles. The molecule has 0 aliphatic heterocycles. The summed E-state index contributed by atoms with van der Waals surface area (Å²) in [5, 5.41) is 0. The maximum atomic E-state index is 12.1. The van der Waals surface area contributed by atoms with E-state index in [1.165, 1.54) is 25.7 Å².